The molecule has 0 unspecified atom stereocenters. The summed E-state index contributed by atoms with van der Waals surface area (Å²) in [6.07, 6.45) is -3.75. The van der Waals surface area contributed by atoms with Crippen LogP contribution in [-0.4, -0.2) is 16.9 Å². The van der Waals surface area contributed by atoms with E-state index in [0.29, 0.717) is 5.69 Å². The molecule has 1 heterocycles. The topological polar surface area (TPSA) is 27.1 Å². The fourth-order valence-electron chi connectivity index (χ4n) is 1.42. The van der Waals surface area contributed by atoms with Gasteiger partial charge in [0.1, 0.15) is 5.56 Å². The van der Waals surface area contributed by atoms with Crippen LogP contribution in [0.2, 0.25) is 0 Å². The van der Waals surface area contributed by atoms with Crippen LogP contribution in [0.3, 0.4) is 0 Å². The summed E-state index contributed by atoms with van der Waals surface area (Å²) in [6.45, 7) is 0. The molecule has 0 N–H and O–H groups in total. The molecule has 1 aromatic carbocycles. The van der Waals surface area contributed by atoms with Crippen molar-refractivity contribution in [3.05, 3.63) is 42.1 Å². The summed E-state index contributed by atoms with van der Waals surface area (Å²) in [5.41, 5.74) is -0.517. The molecule has 7 heteroatoms. The third-order valence-corrected chi connectivity index (χ3v) is 2.14. The average molecular weight is 433 g/mol. The molecule has 0 aliphatic rings. The molecular formula is C11H8F3IrN2O-. The van der Waals surface area contributed by atoms with Gasteiger partial charge in [-0.05, 0) is 5.69 Å². The van der Waals surface area contributed by atoms with E-state index in [4.69, 9.17) is 4.74 Å². The molecule has 3 nitrogen and oxygen atoms in total. The van der Waals surface area contributed by atoms with Gasteiger partial charge in [0.2, 0.25) is 5.88 Å². The first-order valence-corrected chi connectivity index (χ1v) is 4.70. The summed E-state index contributed by atoms with van der Waals surface area (Å²) in [6, 6.07) is 9.35. The Morgan fingerprint density at radius 2 is 2.06 bits per heavy atom. The second kappa shape index (κ2) is 5.54. The van der Waals surface area contributed by atoms with E-state index >= 15 is 0 Å². The van der Waals surface area contributed by atoms with E-state index in [0.717, 1.165) is 10.9 Å². The number of aromatic nitrogens is 2. The van der Waals surface area contributed by atoms with Crippen molar-refractivity contribution in [1.82, 2.24) is 9.78 Å². The predicted molar refractivity (Wildman–Crippen MR) is 54.0 cm³/mol. The third-order valence-electron chi connectivity index (χ3n) is 2.14. The molecule has 0 aliphatic carbocycles. The molecule has 0 atom stereocenters. The van der Waals surface area contributed by atoms with Crippen molar-refractivity contribution in [2.24, 2.45) is 0 Å². The zero-order valence-corrected chi connectivity index (χ0v) is 11.6. The predicted octanol–water partition coefficient (Wildman–Crippen LogP) is 2.70. The monoisotopic (exact) mass is 434 g/mol. The summed E-state index contributed by atoms with van der Waals surface area (Å²) < 4.78 is 43.7. The van der Waals surface area contributed by atoms with Gasteiger partial charge in [-0.3, -0.25) is 0 Å². The smallest absolute Gasteiger partial charge is 0.423 e. The van der Waals surface area contributed by atoms with Gasteiger partial charge in [-0.15, -0.1) is 6.07 Å². The Hall–Kier alpha value is -1.33. The first-order chi connectivity index (χ1) is 8.04. The third kappa shape index (κ3) is 2.73. The summed E-state index contributed by atoms with van der Waals surface area (Å²) in [7, 11) is 1.17. The Balaban J connectivity index is 0.00000162. The molecule has 2 rings (SSSR count). The van der Waals surface area contributed by atoms with E-state index in [-0.39, 0.29) is 26.0 Å². The second-order valence-electron chi connectivity index (χ2n) is 3.22. The van der Waals surface area contributed by atoms with Crippen molar-refractivity contribution >= 4 is 0 Å². The molecule has 99 valence electrons. The van der Waals surface area contributed by atoms with Crippen LogP contribution in [-0.2, 0) is 26.3 Å². The second-order valence-corrected chi connectivity index (χ2v) is 3.22. The number of hydrogen-bond donors (Lipinski definition) is 0. The first kappa shape index (κ1) is 14.7. The summed E-state index contributed by atoms with van der Waals surface area (Å²) in [5.74, 6) is -0.347. The summed E-state index contributed by atoms with van der Waals surface area (Å²) >= 11 is 0. The van der Waals surface area contributed by atoms with Crippen LogP contribution in [0.15, 0.2) is 30.5 Å². The number of halogens is 3. The molecular weight excluding hydrogens is 425 g/mol. The maximum atomic E-state index is 12.6. The van der Waals surface area contributed by atoms with Gasteiger partial charge in [0, 0.05) is 20.1 Å². The molecule has 0 amide bonds. The van der Waals surface area contributed by atoms with E-state index < -0.39 is 11.7 Å². The molecule has 0 saturated carbocycles. The van der Waals surface area contributed by atoms with Gasteiger partial charge >= 0.3 is 6.18 Å². The molecule has 0 spiro atoms. The van der Waals surface area contributed by atoms with Crippen LogP contribution in [0.4, 0.5) is 13.2 Å². The number of methoxy groups -OCH3 is 1. The van der Waals surface area contributed by atoms with Crippen molar-refractivity contribution in [3.8, 4) is 11.6 Å². The minimum absolute atomic E-state index is 0. The molecule has 1 radical (unpaired) electrons. The standard InChI is InChI=1S/C11H8F3N2O.Ir/c1-17-10-9(11(12,13)14)7-15-16(10)8-5-3-2-4-6-8;/h2-5,7H,1H3;/q-1;. The first-order valence-electron chi connectivity index (χ1n) is 4.70. The van der Waals surface area contributed by atoms with E-state index in [1.165, 1.54) is 7.11 Å². The van der Waals surface area contributed by atoms with E-state index in [1.54, 1.807) is 24.3 Å². The van der Waals surface area contributed by atoms with Crippen LogP contribution in [0, 0.1) is 6.07 Å². The SMILES string of the molecule is COc1c(C(F)(F)F)cnn1-c1[c-]cccc1.[Ir]. The maximum absolute atomic E-state index is 12.6. The largest absolute Gasteiger partial charge is 0.481 e. The van der Waals surface area contributed by atoms with Gasteiger partial charge in [-0.2, -0.15) is 42.5 Å². The molecule has 0 fully saturated rings. The van der Waals surface area contributed by atoms with Gasteiger partial charge in [0.05, 0.1) is 13.3 Å². The van der Waals surface area contributed by atoms with E-state index in [1.807, 2.05) is 0 Å². The Bertz CT molecular complexity index is 511. The van der Waals surface area contributed by atoms with Crippen LogP contribution >= 0.6 is 0 Å². The van der Waals surface area contributed by atoms with Gasteiger partial charge in [0.25, 0.3) is 0 Å². The number of hydrogen-bond acceptors (Lipinski definition) is 2. The van der Waals surface area contributed by atoms with E-state index in [9.17, 15) is 13.2 Å². The van der Waals surface area contributed by atoms with Crippen LogP contribution in [0.25, 0.3) is 5.69 Å². The zero-order valence-electron chi connectivity index (χ0n) is 9.16. The summed E-state index contributed by atoms with van der Waals surface area (Å²) in [4.78, 5) is 0. The summed E-state index contributed by atoms with van der Waals surface area (Å²) in [5, 5.41) is 3.66. The van der Waals surface area contributed by atoms with Gasteiger partial charge in [-0.25, -0.2) is 4.68 Å². The van der Waals surface area contributed by atoms with Crippen LogP contribution in [0.5, 0.6) is 5.88 Å². The number of benzene rings is 1. The number of ether oxygens (including phenoxy) is 1. The number of alkyl halides is 3. The number of nitrogens with zero attached hydrogens (tertiary/aromatic N) is 2. The maximum Gasteiger partial charge on any atom is 0.423 e. The molecule has 0 saturated heterocycles. The van der Waals surface area contributed by atoms with Crippen LogP contribution < -0.4 is 4.74 Å². The fourth-order valence-corrected chi connectivity index (χ4v) is 1.42. The van der Waals surface area contributed by atoms with Crippen molar-refractivity contribution in [3.63, 3.8) is 0 Å². The van der Waals surface area contributed by atoms with Gasteiger partial charge in [-0.1, -0.05) is 0 Å². The van der Waals surface area contributed by atoms with Crippen molar-refractivity contribution in [2.75, 3.05) is 7.11 Å². The molecule has 2 aromatic rings. The average Bonchev–Trinajstić information content (AvgIpc) is 2.73. The van der Waals surface area contributed by atoms with E-state index in [2.05, 4.69) is 11.2 Å². The quantitative estimate of drug-likeness (QED) is 0.682. The Morgan fingerprint density at radius 3 is 2.56 bits per heavy atom. The molecule has 0 aliphatic heterocycles. The van der Waals surface area contributed by atoms with Gasteiger partial charge in [0.15, 0.2) is 0 Å². The Labute approximate surface area is 115 Å². The number of rotatable bonds is 2. The minimum atomic E-state index is -4.49. The normalized spacial score (nSPS) is 10.9. The van der Waals surface area contributed by atoms with Crippen molar-refractivity contribution in [1.29, 1.82) is 0 Å². The zero-order chi connectivity index (χ0) is 12.5. The Morgan fingerprint density at radius 1 is 1.33 bits per heavy atom. The molecule has 0 bridgehead atoms. The van der Waals surface area contributed by atoms with Crippen LogP contribution in [0.1, 0.15) is 5.56 Å². The molecule has 18 heavy (non-hydrogen) atoms. The number of para-hydroxylation sites is 1. The van der Waals surface area contributed by atoms with Gasteiger partial charge < -0.3 is 4.74 Å². The van der Waals surface area contributed by atoms with Crippen molar-refractivity contribution < 1.29 is 38.0 Å². The molecule has 1 aromatic heterocycles. The fraction of sp³-hybridized carbons (Fsp3) is 0.182. The Kier molecular flexibility index (Phi) is 4.53. The van der Waals surface area contributed by atoms with Crippen molar-refractivity contribution in [2.45, 2.75) is 6.18 Å². The minimum Gasteiger partial charge on any atom is -0.481 e.